The van der Waals surface area contributed by atoms with Gasteiger partial charge >= 0.3 is 5.97 Å². The van der Waals surface area contributed by atoms with Crippen molar-refractivity contribution in [1.29, 1.82) is 0 Å². The molecule has 114 valence electrons. The quantitative estimate of drug-likeness (QED) is 0.666. The summed E-state index contributed by atoms with van der Waals surface area (Å²) in [5, 5.41) is 12.0. The highest BCUT2D eigenvalue weighted by atomic mass is 16.5. The molecule has 2 rings (SSSR count). The van der Waals surface area contributed by atoms with Crippen LogP contribution >= 0.6 is 0 Å². The average Bonchev–Trinajstić information content (AvgIpc) is 3.26. The number of hydrogen-bond acceptors (Lipinski definition) is 3. The van der Waals surface area contributed by atoms with E-state index in [4.69, 9.17) is 9.84 Å². The number of carboxylic acid groups (broad SMARTS) is 1. The van der Waals surface area contributed by atoms with E-state index in [0.29, 0.717) is 26.0 Å². The van der Waals surface area contributed by atoms with Gasteiger partial charge in [0.2, 0.25) is 5.91 Å². The van der Waals surface area contributed by atoms with Gasteiger partial charge in [-0.05, 0) is 38.0 Å². The number of aliphatic carboxylic acids is 1. The van der Waals surface area contributed by atoms with Gasteiger partial charge in [0, 0.05) is 19.8 Å². The van der Waals surface area contributed by atoms with Gasteiger partial charge in [-0.3, -0.25) is 9.59 Å². The van der Waals surface area contributed by atoms with Crippen LogP contribution in [0, 0.1) is 17.8 Å². The molecule has 1 amide bonds. The van der Waals surface area contributed by atoms with Crippen molar-refractivity contribution in [3.8, 4) is 0 Å². The van der Waals surface area contributed by atoms with Gasteiger partial charge in [0.25, 0.3) is 0 Å². The maximum Gasteiger partial charge on any atom is 0.307 e. The van der Waals surface area contributed by atoms with Crippen molar-refractivity contribution in [2.75, 3.05) is 19.8 Å². The van der Waals surface area contributed by atoms with Crippen LogP contribution in [0.3, 0.4) is 0 Å². The van der Waals surface area contributed by atoms with Crippen LogP contribution in [-0.2, 0) is 14.3 Å². The molecule has 2 N–H and O–H groups in total. The lowest BCUT2D eigenvalue weighted by Gasteiger charge is -2.27. The molecule has 2 saturated carbocycles. The Morgan fingerprint density at radius 2 is 1.80 bits per heavy atom. The second-order valence-corrected chi connectivity index (χ2v) is 6.00. The third-order valence-electron chi connectivity index (χ3n) is 4.24. The van der Waals surface area contributed by atoms with E-state index >= 15 is 0 Å². The summed E-state index contributed by atoms with van der Waals surface area (Å²) in [5.74, 6) is -1.02. The highest BCUT2D eigenvalue weighted by Crippen LogP contribution is 2.30. The van der Waals surface area contributed by atoms with E-state index in [1.54, 1.807) is 0 Å². The highest BCUT2D eigenvalue weighted by molar-refractivity contribution is 5.84. The number of rotatable bonds is 8. The normalized spacial score (nSPS) is 26.2. The Kier molecular flexibility index (Phi) is 5.83. The Hall–Kier alpha value is -1.10. The van der Waals surface area contributed by atoms with Gasteiger partial charge in [0.1, 0.15) is 0 Å². The van der Waals surface area contributed by atoms with E-state index in [-0.39, 0.29) is 11.8 Å². The average molecular weight is 283 g/mol. The first kappa shape index (κ1) is 15.3. The van der Waals surface area contributed by atoms with Crippen LogP contribution in [0.15, 0.2) is 0 Å². The van der Waals surface area contributed by atoms with E-state index < -0.39 is 11.9 Å². The predicted octanol–water partition coefficient (Wildman–Crippen LogP) is 1.81. The number of hydrogen-bond donors (Lipinski definition) is 2. The molecule has 0 bridgehead atoms. The summed E-state index contributed by atoms with van der Waals surface area (Å²) in [4.78, 5) is 23.2. The molecule has 2 fully saturated rings. The van der Waals surface area contributed by atoms with Crippen molar-refractivity contribution in [2.45, 2.75) is 44.9 Å². The summed E-state index contributed by atoms with van der Waals surface area (Å²) in [6.45, 7) is 2.09. The summed E-state index contributed by atoms with van der Waals surface area (Å²) < 4.78 is 5.50. The van der Waals surface area contributed by atoms with Crippen LogP contribution < -0.4 is 5.32 Å². The fourth-order valence-electron chi connectivity index (χ4n) is 2.79. The van der Waals surface area contributed by atoms with Crippen molar-refractivity contribution < 1.29 is 19.4 Å². The summed E-state index contributed by atoms with van der Waals surface area (Å²) in [5.41, 5.74) is 0. The lowest BCUT2D eigenvalue weighted by molar-refractivity contribution is -0.148. The molecular weight excluding hydrogens is 258 g/mol. The third-order valence-corrected chi connectivity index (χ3v) is 4.24. The number of amides is 1. The standard InChI is InChI=1S/C15H25NO4/c17-14(12-4-1-2-5-13(12)15(18)19)16-8-3-9-20-10-11-6-7-11/h11-13H,1-10H2,(H,16,17)(H,18,19)/t12-,13+/m1/s1. The fourth-order valence-corrected chi connectivity index (χ4v) is 2.79. The van der Waals surface area contributed by atoms with Crippen LogP contribution in [0.25, 0.3) is 0 Å². The van der Waals surface area contributed by atoms with Crippen LogP contribution in [0.4, 0.5) is 0 Å². The van der Waals surface area contributed by atoms with Crippen LogP contribution in [-0.4, -0.2) is 36.7 Å². The molecule has 0 heterocycles. The van der Waals surface area contributed by atoms with E-state index in [1.807, 2.05) is 0 Å². The molecule has 2 atom stereocenters. The van der Waals surface area contributed by atoms with Crippen molar-refractivity contribution in [3.05, 3.63) is 0 Å². The van der Waals surface area contributed by atoms with Gasteiger partial charge in [-0.25, -0.2) is 0 Å². The first-order chi connectivity index (χ1) is 9.68. The van der Waals surface area contributed by atoms with Gasteiger partial charge < -0.3 is 15.2 Å². The monoisotopic (exact) mass is 283 g/mol. The Labute approximate surface area is 120 Å². The first-order valence-electron chi connectivity index (χ1n) is 7.76. The minimum absolute atomic E-state index is 0.0979. The number of carboxylic acids is 1. The molecule has 20 heavy (non-hydrogen) atoms. The van der Waals surface area contributed by atoms with Gasteiger partial charge in [0.05, 0.1) is 11.8 Å². The molecule has 0 aromatic carbocycles. The van der Waals surface area contributed by atoms with Crippen LogP contribution in [0.5, 0.6) is 0 Å². The van der Waals surface area contributed by atoms with Gasteiger partial charge in [-0.2, -0.15) is 0 Å². The molecule has 0 radical (unpaired) electrons. The van der Waals surface area contributed by atoms with Gasteiger partial charge in [-0.15, -0.1) is 0 Å². The molecule has 2 aliphatic rings. The molecule has 5 heteroatoms. The zero-order valence-electron chi connectivity index (χ0n) is 12.0. The molecule has 0 spiro atoms. The second kappa shape index (κ2) is 7.62. The van der Waals surface area contributed by atoms with E-state index in [9.17, 15) is 9.59 Å². The number of ether oxygens (including phenoxy) is 1. The molecule has 0 saturated heterocycles. The van der Waals surface area contributed by atoms with E-state index in [0.717, 1.165) is 31.8 Å². The molecule has 0 aromatic heterocycles. The van der Waals surface area contributed by atoms with Crippen molar-refractivity contribution in [2.24, 2.45) is 17.8 Å². The topological polar surface area (TPSA) is 75.6 Å². The Balaban J connectivity index is 1.60. The lowest BCUT2D eigenvalue weighted by Crippen LogP contribution is -2.40. The molecule has 0 unspecified atom stereocenters. The lowest BCUT2D eigenvalue weighted by atomic mass is 9.79. The summed E-state index contributed by atoms with van der Waals surface area (Å²) in [6.07, 6.45) is 6.55. The summed E-state index contributed by atoms with van der Waals surface area (Å²) >= 11 is 0. The minimum Gasteiger partial charge on any atom is -0.481 e. The zero-order valence-corrected chi connectivity index (χ0v) is 12.0. The van der Waals surface area contributed by atoms with Crippen molar-refractivity contribution in [3.63, 3.8) is 0 Å². The van der Waals surface area contributed by atoms with Crippen molar-refractivity contribution >= 4 is 11.9 Å². The van der Waals surface area contributed by atoms with E-state index in [2.05, 4.69) is 5.32 Å². The maximum atomic E-state index is 12.0. The SMILES string of the molecule is O=C(O)[C@H]1CCCC[C@H]1C(=O)NCCCOCC1CC1. The Morgan fingerprint density at radius 3 is 2.45 bits per heavy atom. The van der Waals surface area contributed by atoms with E-state index in [1.165, 1.54) is 12.8 Å². The van der Waals surface area contributed by atoms with Crippen LogP contribution in [0.2, 0.25) is 0 Å². The highest BCUT2D eigenvalue weighted by Gasteiger charge is 2.35. The van der Waals surface area contributed by atoms with Crippen LogP contribution in [0.1, 0.15) is 44.9 Å². The fraction of sp³-hybridized carbons (Fsp3) is 0.867. The smallest absolute Gasteiger partial charge is 0.307 e. The number of carbonyl (C=O) groups excluding carboxylic acids is 1. The maximum absolute atomic E-state index is 12.0. The molecule has 0 aliphatic heterocycles. The number of carbonyl (C=O) groups is 2. The Morgan fingerprint density at radius 1 is 1.10 bits per heavy atom. The predicted molar refractivity (Wildman–Crippen MR) is 74.3 cm³/mol. The number of nitrogens with one attached hydrogen (secondary N) is 1. The summed E-state index contributed by atoms with van der Waals surface area (Å²) in [7, 11) is 0. The third kappa shape index (κ3) is 4.78. The molecular formula is C15H25NO4. The second-order valence-electron chi connectivity index (χ2n) is 6.00. The van der Waals surface area contributed by atoms with Gasteiger partial charge in [0.15, 0.2) is 0 Å². The minimum atomic E-state index is -0.836. The molecule has 2 aliphatic carbocycles. The van der Waals surface area contributed by atoms with Crippen molar-refractivity contribution in [1.82, 2.24) is 5.32 Å². The summed E-state index contributed by atoms with van der Waals surface area (Å²) in [6, 6.07) is 0. The zero-order chi connectivity index (χ0) is 14.4. The largest absolute Gasteiger partial charge is 0.481 e. The van der Waals surface area contributed by atoms with Gasteiger partial charge in [-0.1, -0.05) is 12.8 Å². The molecule has 5 nitrogen and oxygen atoms in total. The first-order valence-corrected chi connectivity index (χ1v) is 7.76. The Bertz CT molecular complexity index is 341. The molecule has 0 aromatic rings.